The van der Waals surface area contributed by atoms with E-state index in [9.17, 15) is 4.79 Å². The minimum atomic E-state index is -0.183. The summed E-state index contributed by atoms with van der Waals surface area (Å²) in [5.74, 6) is -0.142. The zero-order chi connectivity index (χ0) is 10.4. The highest BCUT2D eigenvalue weighted by molar-refractivity contribution is 5.69. The van der Waals surface area contributed by atoms with Crippen LogP contribution in [0.25, 0.3) is 0 Å². The van der Waals surface area contributed by atoms with Gasteiger partial charge in [0, 0.05) is 18.8 Å². The molecule has 1 aromatic heterocycles. The number of ether oxygens (including phenoxy) is 1. The molecule has 1 aromatic rings. The maximum atomic E-state index is 11.2. The first kappa shape index (κ1) is 10.7. The van der Waals surface area contributed by atoms with E-state index < -0.39 is 0 Å². The molecule has 0 aliphatic rings. The minimum Gasteiger partial charge on any atom is -0.458 e. The molecule has 0 bridgehead atoms. The summed E-state index contributed by atoms with van der Waals surface area (Å²) in [6, 6.07) is 3.70. The van der Waals surface area contributed by atoms with Crippen molar-refractivity contribution >= 4 is 5.97 Å². The Morgan fingerprint density at radius 2 is 2.14 bits per heavy atom. The maximum absolute atomic E-state index is 11.2. The Balaban J connectivity index is 2.50. The topological polar surface area (TPSA) is 39.2 Å². The Hall–Kier alpha value is -1.38. The van der Waals surface area contributed by atoms with Crippen LogP contribution in [-0.2, 0) is 9.53 Å². The standard InChI is InChI=1S/C11H15NO2/c1-3-4-11(13)14-9(2)10-5-7-12-8-6-10/h5-9H,3-4H2,1-2H3. The predicted octanol–water partition coefficient (Wildman–Crippen LogP) is 2.49. The van der Waals surface area contributed by atoms with Crippen molar-refractivity contribution in [1.29, 1.82) is 0 Å². The lowest BCUT2D eigenvalue weighted by Crippen LogP contribution is -2.08. The van der Waals surface area contributed by atoms with Crippen LogP contribution in [0.3, 0.4) is 0 Å². The van der Waals surface area contributed by atoms with Crippen LogP contribution in [0.5, 0.6) is 0 Å². The van der Waals surface area contributed by atoms with Gasteiger partial charge < -0.3 is 4.74 Å². The van der Waals surface area contributed by atoms with E-state index in [-0.39, 0.29) is 12.1 Å². The van der Waals surface area contributed by atoms with Gasteiger partial charge in [-0.15, -0.1) is 0 Å². The normalized spacial score (nSPS) is 12.1. The summed E-state index contributed by atoms with van der Waals surface area (Å²) in [5.41, 5.74) is 0.976. The maximum Gasteiger partial charge on any atom is 0.306 e. The first-order valence-electron chi connectivity index (χ1n) is 4.83. The molecular formula is C11H15NO2. The first-order valence-corrected chi connectivity index (χ1v) is 4.83. The van der Waals surface area contributed by atoms with Crippen molar-refractivity contribution in [2.75, 3.05) is 0 Å². The smallest absolute Gasteiger partial charge is 0.306 e. The van der Waals surface area contributed by atoms with E-state index in [4.69, 9.17) is 4.74 Å². The quantitative estimate of drug-likeness (QED) is 0.689. The molecule has 14 heavy (non-hydrogen) atoms. The van der Waals surface area contributed by atoms with Crippen LogP contribution in [0, 0.1) is 0 Å². The van der Waals surface area contributed by atoms with E-state index in [0.717, 1.165) is 12.0 Å². The summed E-state index contributed by atoms with van der Waals surface area (Å²) in [7, 11) is 0. The van der Waals surface area contributed by atoms with Crippen LogP contribution in [0.4, 0.5) is 0 Å². The van der Waals surface area contributed by atoms with Crippen LogP contribution in [0.1, 0.15) is 38.4 Å². The zero-order valence-corrected chi connectivity index (χ0v) is 8.56. The second-order valence-electron chi connectivity index (χ2n) is 3.16. The van der Waals surface area contributed by atoms with Crippen molar-refractivity contribution in [3.05, 3.63) is 30.1 Å². The fourth-order valence-corrected chi connectivity index (χ4v) is 1.16. The molecule has 0 aromatic carbocycles. The largest absolute Gasteiger partial charge is 0.458 e. The number of rotatable bonds is 4. The van der Waals surface area contributed by atoms with Gasteiger partial charge in [-0.25, -0.2) is 0 Å². The number of hydrogen-bond acceptors (Lipinski definition) is 3. The van der Waals surface area contributed by atoms with Crippen molar-refractivity contribution in [2.24, 2.45) is 0 Å². The Bertz CT molecular complexity index is 285. The van der Waals surface area contributed by atoms with Gasteiger partial charge in [-0.1, -0.05) is 6.92 Å². The molecule has 0 saturated heterocycles. The summed E-state index contributed by atoms with van der Waals surface area (Å²) in [5, 5.41) is 0. The van der Waals surface area contributed by atoms with E-state index in [1.165, 1.54) is 0 Å². The van der Waals surface area contributed by atoms with Gasteiger partial charge in [0.1, 0.15) is 6.10 Å². The van der Waals surface area contributed by atoms with Gasteiger partial charge >= 0.3 is 5.97 Å². The summed E-state index contributed by atoms with van der Waals surface area (Å²) >= 11 is 0. The Morgan fingerprint density at radius 3 is 2.71 bits per heavy atom. The van der Waals surface area contributed by atoms with E-state index >= 15 is 0 Å². The van der Waals surface area contributed by atoms with E-state index in [2.05, 4.69) is 4.98 Å². The number of nitrogens with zero attached hydrogens (tertiary/aromatic N) is 1. The molecule has 3 nitrogen and oxygen atoms in total. The molecule has 0 saturated carbocycles. The molecule has 1 rings (SSSR count). The number of aromatic nitrogens is 1. The number of esters is 1. The molecule has 0 amide bonds. The Kier molecular flexibility index (Phi) is 4.11. The molecule has 1 atom stereocenters. The van der Waals surface area contributed by atoms with Crippen LogP contribution >= 0.6 is 0 Å². The third-order valence-corrected chi connectivity index (χ3v) is 1.94. The second kappa shape index (κ2) is 5.37. The van der Waals surface area contributed by atoms with Crippen LogP contribution in [-0.4, -0.2) is 11.0 Å². The molecule has 0 N–H and O–H groups in total. The summed E-state index contributed by atoms with van der Waals surface area (Å²) in [6.07, 6.45) is 4.51. The molecular weight excluding hydrogens is 178 g/mol. The third-order valence-electron chi connectivity index (χ3n) is 1.94. The molecule has 1 unspecified atom stereocenters. The fraction of sp³-hybridized carbons (Fsp3) is 0.455. The predicted molar refractivity (Wildman–Crippen MR) is 53.7 cm³/mol. The summed E-state index contributed by atoms with van der Waals surface area (Å²) in [6.45, 7) is 3.82. The van der Waals surface area contributed by atoms with Crippen molar-refractivity contribution in [1.82, 2.24) is 4.98 Å². The lowest BCUT2D eigenvalue weighted by atomic mass is 10.2. The van der Waals surface area contributed by atoms with Gasteiger partial charge in [-0.3, -0.25) is 9.78 Å². The molecule has 0 aliphatic carbocycles. The molecule has 3 heteroatoms. The van der Waals surface area contributed by atoms with Crippen molar-refractivity contribution in [3.8, 4) is 0 Å². The highest BCUT2D eigenvalue weighted by Crippen LogP contribution is 2.15. The Labute approximate surface area is 84.1 Å². The molecule has 1 heterocycles. The third kappa shape index (κ3) is 3.17. The molecule has 0 radical (unpaired) electrons. The van der Waals surface area contributed by atoms with Gasteiger partial charge in [0.2, 0.25) is 0 Å². The van der Waals surface area contributed by atoms with E-state index in [1.807, 2.05) is 26.0 Å². The highest BCUT2D eigenvalue weighted by Gasteiger charge is 2.09. The monoisotopic (exact) mass is 193 g/mol. The lowest BCUT2D eigenvalue weighted by Gasteiger charge is -2.12. The van der Waals surface area contributed by atoms with Gasteiger partial charge in [0.05, 0.1) is 0 Å². The van der Waals surface area contributed by atoms with Crippen LogP contribution in [0.2, 0.25) is 0 Å². The first-order chi connectivity index (χ1) is 6.74. The number of pyridine rings is 1. The minimum absolute atomic E-state index is 0.142. The highest BCUT2D eigenvalue weighted by atomic mass is 16.5. The van der Waals surface area contributed by atoms with Gasteiger partial charge in [-0.05, 0) is 31.0 Å². The SMILES string of the molecule is CCCC(=O)OC(C)c1ccncc1. The number of hydrogen-bond donors (Lipinski definition) is 0. The van der Waals surface area contributed by atoms with Crippen molar-refractivity contribution in [2.45, 2.75) is 32.8 Å². The number of carbonyl (C=O) groups is 1. The van der Waals surface area contributed by atoms with Gasteiger partial charge in [-0.2, -0.15) is 0 Å². The molecule has 0 aliphatic heterocycles. The zero-order valence-electron chi connectivity index (χ0n) is 8.56. The van der Waals surface area contributed by atoms with Crippen LogP contribution in [0.15, 0.2) is 24.5 Å². The molecule has 76 valence electrons. The van der Waals surface area contributed by atoms with E-state index in [0.29, 0.717) is 6.42 Å². The van der Waals surface area contributed by atoms with Crippen molar-refractivity contribution in [3.63, 3.8) is 0 Å². The fourth-order valence-electron chi connectivity index (χ4n) is 1.16. The molecule has 0 fully saturated rings. The average molecular weight is 193 g/mol. The van der Waals surface area contributed by atoms with Gasteiger partial charge in [0.15, 0.2) is 0 Å². The summed E-state index contributed by atoms with van der Waals surface area (Å²) in [4.78, 5) is 15.1. The Morgan fingerprint density at radius 1 is 1.50 bits per heavy atom. The lowest BCUT2D eigenvalue weighted by molar-refractivity contribution is -0.148. The van der Waals surface area contributed by atoms with E-state index in [1.54, 1.807) is 12.4 Å². The second-order valence-corrected chi connectivity index (χ2v) is 3.16. The van der Waals surface area contributed by atoms with Gasteiger partial charge in [0.25, 0.3) is 0 Å². The molecule has 0 spiro atoms. The average Bonchev–Trinajstić information content (AvgIpc) is 2.19. The number of carbonyl (C=O) groups excluding carboxylic acids is 1. The van der Waals surface area contributed by atoms with Crippen molar-refractivity contribution < 1.29 is 9.53 Å². The van der Waals surface area contributed by atoms with Crippen LogP contribution < -0.4 is 0 Å². The summed E-state index contributed by atoms with van der Waals surface area (Å²) < 4.78 is 5.21.